The van der Waals surface area contributed by atoms with Gasteiger partial charge in [-0.15, -0.1) is 0 Å². The molecular weight excluding hydrogens is 140 g/mol. The molecule has 0 fully saturated rings. The van der Waals surface area contributed by atoms with Crippen LogP contribution in [-0.2, 0) is 9.88 Å². The van der Waals surface area contributed by atoms with Crippen LogP contribution in [0.4, 0.5) is 0 Å². The Hall–Kier alpha value is -1.63. The molecule has 0 spiro atoms. The Kier molecular flexibility index (Phi) is 1.01. The smallest absolute Gasteiger partial charge is 0.267 e. The first-order valence-corrected chi connectivity index (χ1v) is 2.34. The van der Waals surface area contributed by atoms with Crippen molar-refractivity contribution < 1.29 is 14.5 Å². The lowest BCUT2D eigenvalue weighted by Crippen LogP contribution is -1.95. The maximum absolute atomic E-state index is 4.47. The molecule has 0 bridgehead atoms. The summed E-state index contributed by atoms with van der Waals surface area (Å²) >= 11 is 0. The van der Waals surface area contributed by atoms with Crippen LogP contribution in [0.25, 0.3) is 5.76 Å². The van der Waals surface area contributed by atoms with Crippen LogP contribution < -0.4 is 5.48 Å². The zero-order valence-corrected chi connectivity index (χ0v) is 4.57. The summed E-state index contributed by atoms with van der Waals surface area (Å²) in [6.45, 7) is 0. The summed E-state index contributed by atoms with van der Waals surface area (Å²) in [5.41, 5.74) is 2.20. The van der Waals surface area contributed by atoms with Crippen molar-refractivity contribution in [2.45, 2.75) is 0 Å². The van der Waals surface area contributed by atoms with Gasteiger partial charge in [-0.3, -0.25) is 0 Å². The second kappa shape index (κ2) is 1.95. The number of nitrogens with zero attached hydrogens (tertiary/aromatic N) is 3. The standard InChI is InChI=1S/C3HN4O3/c1-2(8-10-4-1)3-5-7-9-6-3/h4H. The van der Waals surface area contributed by atoms with E-state index < -0.39 is 0 Å². The van der Waals surface area contributed by atoms with E-state index in [1.807, 2.05) is 0 Å². The Balaban J connectivity index is 2.28. The van der Waals surface area contributed by atoms with E-state index in [-0.39, 0.29) is 11.6 Å². The summed E-state index contributed by atoms with van der Waals surface area (Å²) in [7, 11) is 0. The molecule has 0 saturated heterocycles. The van der Waals surface area contributed by atoms with Gasteiger partial charge in [0, 0.05) is 0 Å². The molecule has 1 aromatic heterocycles. The normalized spacial score (nSPS) is 15.8. The van der Waals surface area contributed by atoms with Crippen molar-refractivity contribution in [1.29, 1.82) is 0 Å². The second-order valence-corrected chi connectivity index (χ2v) is 1.40. The van der Waals surface area contributed by atoms with Gasteiger partial charge in [0.15, 0.2) is 0 Å². The van der Waals surface area contributed by atoms with E-state index in [9.17, 15) is 0 Å². The maximum Gasteiger partial charge on any atom is 0.267 e. The molecule has 0 aromatic carbocycles. The average Bonchev–Trinajstić information content (AvgIpc) is 2.59. The summed E-state index contributed by atoms with van der Waals surface area (Å²) in [4.78, 5) is 8.70. The molecule has 0 unspecified atom stereocenters. The van der Waals surface area contributed by atoms with E-state index in [0.717, 1.165) is 0 Å². The Morgan fingerprint density at radius 3 is 3.10 bits per heavy atom. The summed E-state index contributed by atoms with van der Waals surface area (Å²) in [5, 5.41) is 9.89. The number of aromatic nitrogens is 3. The Labute approximate surface area is 54.5 Å². The fourth-order valence-corrected chi connectivity index (χ4v) is 0.463. The minimum absolute atomic E-state index is 0.185. The molecule has 7 nitrogen and oxygen atoms in total. The van der Waals surface area contributed by atoms with E-state index in [1.54, 1.807) is 0 Å². The summed E-state index contributed by atoms with van der Waals surface area (Å²) in [5.74, 6) is 0.395. The van der Waals surface area contributed by atoms with Gasteiger partial charge < -0.3 is 4.89 Å². The predicted octanol–water partition coefficient (Wildman–Crippen LogP) is -0.967. The molecule has 0 saturated carbocycles. The fourth-order valence-electron chi connectivity index (χ4n) is 0.463. The van der Waals surface area contributed by atoms with Gasteiger partial charge in [-0.2, -0.15) is 0 Å². The summed E-state index contributed by atoms with van der Waals surface area (Å²) in [6, 6.07) is 0. The van der Waals surface area contributed by atoms with Crippen LogP contribution >= 0.6 is 0 Å². The van der Waals surface area contributed by atoms with Crippen molar-refractivity contribution in [3.8, 4) is 0 Å². The quantitative estimate of drug-likeness (QED) is 0.504. The van der Waals surface area contributed by atoms with Crippen LogP contribution in [-0.4, -0.2) is 15.5 Å². The largest absolute Gasteiger partial charge is 0.308 e. The molecule has 0 amide bonds. The number of hydroxylamine groups is 1. The first-order chi connectivity index (χ1) is 4.97. The molecule has 1 aliphatic heterocycles. The van der Waals surface area contributed by atoms with E-state index >= 15 is 0 Å². The molecule has 7 heteroatoms. The van der Waals surface area contributed by atoms with Crippen LogP contribution in [0.1, 0.15) is 5.82 Å². The van der Waals surface area contributed by atoms with E-state index in [2.05, 4.69) is 41.7 Å². The van der Waals surface area contributed by atoms with Crippen molar-refractivity contribution in [2.24, 2.45) is 0 Å². The van der Waals surface area contributed by atoms with Crippen LogP contribution in [0.2, 0.25) is 0 Å². The topological polar surface area (TPSA) is 82.3 Å². The third-order valence-electron chi connectivity index (χ3n) is 0.834. The third kappa shape index (κ3) is 0.685. The van der Waals surface area contributed by atoms with Gasteiger partial charge in [-0.25, -0.2) is 10.1 Å². The SMILES string of the molecule is [C]1=C(c2nnon2)OON1. The Bertz CT molecular complexity index is 242. The van der Waals surface area contributed by atoms with Crippen molar-refractivity contribution in [3.05, 3.63) is 12.0 Å². The number of hydrogen-bond donors (Lipinski definition) is 1. The third-order valence-corrected chi connectivity index (χ3v) is 0.834. The van der Waals surface area contributed by atoms with Gasteiger partial charge >= 0.3 is 0 Å². The fraction of sp³-hybridized carbons (Fsp3) is 0. The highest BCUT2D eigenvalue weighted by molar-refractivity contribution is 5.48. The Morgan fingerprint density at radius 2 is 2.50 bits per heavy atom. The highest BCUT2D eigenvalue weighted by Gasteiger charge is 2.15. The van der Waals surface area contributed by atoms with E-state index in [4.69, 9.17) is 0 Å². The number of hydrogen-bond acceptors (Lipinski definition) is 7. The molecule has 1 aromatic rings. The molecule has 1 aliphatic rings. The first kappa shape index (κ1) is 5.18. The molecular formula is C3HN4O3. The van der Waals surface area contributed by atoms with E-state index in [0.29, 0.717) is 0 Å². The van der Waals surface area contributed by atoms with Gasteiger partial charge in [-0.1, -0.05) is 10.1 Å². The molecule has 2 rings (SSSR count). The van der Waals surface area contributed by atoms with Crippen molar-refractivity contribution in [1.82, 2.24) is 21.0 Å². The van der Waals surface area contributed by atoms with Gasteiger partial charge in [0.2, 0.25) is 5.76 Å². The Morgan fingerprint density at radius 1 is 1.50 bits per heavy atom. The monoisotopic (exact) mass is 141 g/mol. The minimum atomic E-state index is 0.185. The molecule has 2 heterocycles. The predicted molar refractivity (Wildman–Crippen MR) is 24.0 cm³/mol. The van der Waals surface area contributed by atoms with Gasteiger partial charge in [0.1, 0.15) is 6.20 Å². The number of rotatable bonds is 1. The lowest BCUT2D eigenvalue weighted by molar-refractivity contribution is -0.255. The van der Waals surface area contributed by atoms with Crippen molar-refractivity contribution in [3.63, 3.8) is 0 Å². The minimum Gasteiger partial charge on any atom is -0.308 e. The van der Waals surface area contributed by atoms with Crippen molar-refractivity contribution >= 4 is 5.76 Å². The molecule has 1 radical (unpaired) electrons. The van der Waals surface area contributed by atoms with Crippen molar-refractivity contribution in [2.75, 3.05) is 0 Å². The van der Waals surface area contributed by atoms with Gasteiger partial charge in [-0.05, 0) is 5.16 Å². The molecule has 10 heavy (non-hydrogen) atoms. The van der Waals surface area contributed by atoms with Crippen LogP contribution in [0.15, 0.2) is 4.63 Å². The molecule has 0 aliphatic carbocycles. The molecule has 51 valence electrons. The van der Waals surface area contributed by atoms with E-state index in [1.165, 1.54) is 0 Å². The van der Waals surface area contributed by atoms with Crippen LogP contribution in [0.5, 0.6) is 0 Å². The average molecular weight is 141 g/mol. The zero-order chi connectivity index (χ0) is 6.81. The summed E-state index contributed by atoms with van der Waals surface area (Å²) < 4.78 is 4.19. The number of nitrogens with one attached hydrogen (secondary N) is 1. The first-order valence-electron chi connectivity index (χ1n) is 2.34. The van der Waals surface area contributed by atoms with Crippen LogP contribution in [0.3, 0.4) is 0 Å². The zero-order valence-electron chi connectivity index (χ0n) is 4.57. The lowest BCUT2D eigenvalue weighted by Gasteiger charge is -1.88. The maximum atomic E-state index is 4.47. The highest BCUT2D eigenvalue weighted by atomic mass is 17.3. The lowest BCUT2D eigenvalue weighted by atomic mass is 10.5. The van der Waals surface area contributed by atoms with Gasteiger partial charge in [0.05, 0.1) is 5.27 Å². The second-order valence-electron chi connectivity index (χ2n) is 1.40. The van der Waals surface area contributed by atoms with Crippen LogP contribution in [0, 0.1) is 6.20 Å². The molecule has 0 atom stereocenters. The highest BCUT2D eigenvalue weighted by Crippen LogP contribution is 2.11. The van der Waals surface area contributed by atoms with Gasteiger partial charge in [0.25, 0.3) is 5.82 Å². The molecule has 1 N–H and O–H groups in total. The summed E-state index contributed by atoms with van der Waals surface area (Å²) in [6.07, 6.45) is 2.46.